The fourth-order valence-corrected chi connectivity index (χ4v) is 2.88. The minimum atomic E-state index is -0.621. The second-order valence-corrected chi connectivity index (χ2v) is 6.85. The van der Waals surface area contributed by atoms with Crippen molar-refractivity contribution in [3.05, 3.63) is 27.2 Å². The Morgan fingerprint density at radius 3 is 2.04 bits per heavy atom. The quantitative estimate of drug-likeness (QED) is 0.474. The lowest BCUT2D eigenvalue weighted by Gasteiger charge is -2.15. The first kappa shape index (κ1) is 20.1. The highest BCUT2D eigenvalue weighted by molar-refractivity contribution is 6.40. The maximum Gasteiger partial charge on any atom is 0.311 e. The molecular formula is C16H19Cl3O4. The van der Waals surface area contributed by atoms with Crippen molar-refractivity contribution in [2.24, 2.45) is 5.92 Å². The highest BCUT2D eigenvalue weighted by Gasteiger charge is 2.17. The van der Waals surface area contributed by atoms with Gasteiger partial charge in [0.15, 0.2) is 5.75 Å². The summed E-state index contributed by atoms with van der Waals surface area (Å²) < 4.78 is 10.3. The molecule has 0 fully saturated rings. The first-order valence-corrected chi connectivity index (χ1v) is 8.37. The fraction of sp³-hybridized carbons (Fsp3) is 0.500. The van der Waals surface area contributed by atoms with Crippen LogP contribution in [0.2, 0.25) is 15.1 Å². The number of esters is 2. The molecule has 7 heteroatoms. The van der Waals surface area contributed by atoms with E-state index in [1.807, 2.05) is 20.8 Å². The molecule has 0 bridgehead atoms. The van der Waals surface area contributed by atoms with Gasteiger partial charge in [0.05, 0.1) is 29.0 Å². The van der Waals surface area contributed by atoms with Gasteiger partial charge < -0.3 is 9.47 Å². The summed E-state index contributed by atoms with van der Waals surface area (Å²) in [5.74, 6) is -0.603. The van der Waals surface area contributed by atoms with E-state index in [0.29, 0.717) is 10.9 Å². The number of hydrogen-bond acceptors (Lipinski definition) is 4. The minimum Gasteiger partial charge on any atom is -0.463 e. The SMILES string of the molecule is CC(C)CC(C)OC(=O)CCC(=O)Oc1c(Cl)cc(Cl)cc1Cl. The molecule has 0 saturated carbocycles. The van der Waals surface area contributed by atoms with Crippen molar-refractivity contribution in [2.45, 2.75) is 46.1 Å². The van der Waals surface area contributed by atoms with Crippen LogP contribution in [0.15, 0.2) is 12.1 Å². The second kappa shape index (κ2) is 9.36. The molecule has 0 saturated heterocycles. The summed E-state index contributed by atoms with van der Waals surface area (Å²) >= 11 is 17.6. The zero-order valence-electron chi connectivity index (χ0n) is 13.2. The number of ether oxygens (including phenoxy) is 2. The summed E-state index contributed by atoms with van der Waals surface area (Å²) in [4.78, 5) is 23.5. The fourth-order valence-electron chi connectivity index (χ4n) is 1.99. The molecule has 0 spiro atoms. The van der Waals surface area contributed by atoms with Crippen LogP contribution in [0.5, 0.6) is 5.75 Å². The van der Waals surface area contributed by atoms with Crippen molar-refractivity contribution >= 4 is 46.7 Å². The maximum absolute atomic E-state index is 11.8. The molecule has 128 valence electrons. The molecule has 23 heavy (non-hydrogen) atoms. The Hall–Kier alpha value is -0.970. The van der Waals surface area contributed by atoms with Gasteiger partial charge in [-0.1, -0.05) is 48.7 Å². The van der Waals surface area contributed by atoms with Crippen LogP contribution in [-0.4, -0.2) is 18.0 Å². The van der Waals surface area contributed by atoms with Crippen molar-refractivity contribution in [1.29, 1.82) is 0 Å². The van der Waals surface area contributed by atoms with Crippen LogP contribution in [0.4, 0.5) is 0 Å². The largest absolute Gasteiger partial charge is 0.463 e. The van der Waals surface area contributed by atoms with Gasteiger partial charge in [0.2, 0.25) is 0 Å². The van der Waals surface area contributed by atoms with Crippen LogP contribution in [0.25, 0.3) is 0 Å². The van der Waals surface area contributed by atoms with E-state index >= 15 is 0 Å². The Morgan fingerprint density at radius 2 is 1.52 bits per heavy atom. The number of rotatable bonds is 7. The van der Waals surface area contributed by atoms with Gasteiger partial charge in [0.25, 0.3) is 0 Å². The lowest BCUT2D eigenvalue weighted by Crippen LogP contribution is -2.18. The lowest BCUT2D eigenvalue weighted by atomic mass is 10.1. The molecular weight excluding hydrogens is 363 g/mol. The molecule has 0 heterocycles. The summed E-state index contributed by atoms with van der Waals surface area (Å²) in [6.45, 7) is 5.91. The molecule has 1 aromatic rings. The molecule has 0 N–H and O–H groups in total. The van der Waals surface area contributed by atoms with Gasteiger partial charge in [-0.15, -0.1) is 0 Å². The van der Waals surface area contributed by atoms with Crippen molar-refractivity contribution in [2.75, 3.05) is 0 Å². The molecule has 0 amide bonds. The predicted molar refractivity (Wildman–Crippen MR) is 91.4 cm³/mol. The molecule has 1 atom stereocenters. The smallest absolute Gasteiger partial charge is 0.311 e. The van der Waals surface area contributed by atoms with E-state index in [1.165, 1.54) is 12.1 Å². The summed E-state index contributed by atoms with van der Waals surface area (Å²) in [6, 6.07) is 2.83. The van der Waals surface area contributed by atoms with E-state index in [0.717, 1.165) is 6.42 Å². The normalized spacial score (nSPS) is 12.1. The third-order valence-corrected chi connectivity index (χ3v) is 3.63. The van der Waals surface area contributed by atoms with E-state index < -0.39 is 11.9 Å². The van der Waals surface area contributed by atoms with Crippen LogP contribution in [0, 0.1) is 5.92 Å². The summed E-state index contributed by atoms with van der Waals surface area (Å²) in [5, 5.41) is 0.593. The number of hydrogen-bond donors (Lipinski definition) is 0. The van der Waals surface area contributed by atoms with E-state index in [2.05, 4.69) is 0 Å². The Morgan fingerprint density at radius 1 is 1.00 bits per heavy atom. The van der Waals surface area contributed by atoms with Crippen molar-refractivity contribution in [3.8, 4) is 5.75 Å². The summed E-state index contributed by atoms with van der Waals surface area (Å²) in [6.07, 6.45) is 0.400. The van der Waals surface area contributed by atoms with Crippen molar-refractivity contribution < 1.29 is 19.1 Å². The Balaban J connectivity index is 2.47. The summed E-state index contributed by atoms with van der Waals surface area (Å²) in [7, 11) is 0. The lowest BCUT2D eigenvalue weighted by molar-refractivity contribution is -0.151. The van der Waals surface area contributed by atoms with Gasteiger partial charge >= 0.3 is 11.9 Å². The average Bonchev–Trinajstić information content (AvgIpc) is 2.39. The minimum absolute atomic E-state index is 0.0317. The van der Waals surface area contributed by atoms with Gasteiger partial charge in [-0.3, -0.25) is 9.59 Å². The molecule has 1 rings (SSSR count). The molecule has 0 aromatic heterocycles. The molecule has 0 aliphatic carbocycles. The predicted octanol–water partition coefficient (Wildman–Crippen LogP) is 5.31. The van der Waals surface area contributed by atoms with Crippen molar-refractivity contribution in [1.82, 2.24) is 0 Å². The molecule has 0 radical (unpaired) electrons. The zero-order chi connectivity index (χ0) is 17.6. The van der Waals surface area contributed by atoms with E-state index in [-0.39, 0.29) is 34.7 Å². The zero-order valence-corrected chi connectivity index (χ0v) is 15.5. The van der Waals surface area contributed by atoms with Gasteiger partial charge in [-0.05, 0) is 31.4 Å². The third-order valence-electron chi connectivity index (χ3n) is 2.85. The third kappa shape index (κ3) is 7.42. The Labute approximate surface area is 151 Å². The van der Waals surface area contributed by atoms with Crippen LogP contribution < -0.4 is 4.74 Å². The monoisotopic (exact) mass is 380 g/mol. The topological polar surface area (TPSA) is 52.6 Å². The van der Waals surface area contributed by atoms with Crippen molar-refractivity contribution in [3.63, 3.8) is 0 Å². The molecule has 0 aliphatic heterocycles. The number of carbonyl (C=O) groups excluding carboxylic acids is 2. The van der Waals surface area contributed by atoms with E-state index in [9.17, 15) is 9.59 Å². The van der Waals surface area contributed by atoms with Gasteiger partial charge in [0, 0.05) is 5.02 Å². The number of benzene rings is 1. The van der Waals surface area contributed by atoms with Crippen LogP contribution in [0.3, 0.4) is 0 Å². The van der Waals surface area contributed by atoms with E-state index in [1.54, 1.807) is 0 Å². The van der Waals surface area contributed by atoms with Crippen LogP contribution >= 0.6 is 34.8 Å². The highest BCUT2D eigenvalue weighted by Crippen LogP contribution is 2.36. The number of halogens is 3. The van der Waals surface area contributed by atoms with Gasteiger partial charge in [-0.2, -0.15) is 0 Å². The molecule has 1 aromatic carbocycles. The molecule has 0 aliphatic rings. The van der Waals surface area contributed by atoms with E-state index in [4.69, 9.17) is 44.3 Å². The second-order valence-electron chi connectivity index (χ2n) is 5.60. The summed E-state index contributed by atoms with van der Waals surface area (Å²) in [5.41, 5.74) is 0. The first-order chi connectivity index (χ1) is 10.7. The molecule has 4 nitrogen and oxygen atoms in total. The molecule has 1 unspecified atom stereocenters. The Kier molecular flexibility index (Phi) is 8.17. The standard InChI is InChI=1S/C16H19Cl3O4/c1-9(2)6-10(3)22-14(20)4-5-15(21)23-16-12(18)7-11(17)8-13(16)19/h7-10H,4-6H2,1-3H3. The highest BCUT2D eigenvalue weighted by atomic mass is 35.5. The number of carbonyl (C=O) groups is 2. The maximum atomic E-state index is 11.8. The first-order valence-electron chi connectivity index (χ1n) is 7.23. The van der Waals surface area contributed by atoms with Crippen LogP contribution in [0.1, 0.15) is 40.0 Å². The van der Waals surface area contributed by atoms with Gasteiger partial charge in [-0.25, -0.2) is 0 Å². The average molecular weight is 382 g/mol. The Bertz CT molecular complexity index is 549. The van der Waals surface area contributed by atoms with Crippen LogP contribution in [-0.2, 0) is 14.3 Å². The van der Waals surface area contributed by atoms with Gasteiger partial charge in [0.1, 0.15) is 0 Å².